The number of aliphatic hydroxyl groups excluding tert-OH is 1. The van der Waals surface area contributed by atoms with Crippen LogP contribution < -0.4 is 4.74 Å². The monoisotopic (exact) mass is 324 g/mol. The summed E-state index contributed by atoms with van der Waals surface area (Å²) in [5.74, 6) is 0.723. The van der Waals surface area contributed by atoms with Crippen LogP contribution in [0.3, 0.4) is 0 Å². The Bertz CT molecular complexity index is 597. The van der Waals surface area contributed by atoms with Gasteiger partial charge in [0.05, 0.1) is 10.6 Å². The molecule has 0 radical (unpaired) electrons. The maximum Gasteiger partial charge on any atom is 0.141 e. The molecular formula is C15H14BrFO2. The third-order valence-corrected chi connectivity index (χ3v) is 3.43. The third kappa shape index (κ3) is 3.33. The minimum Gasteiger partial charge on any atom is -0.456 e. The van der Waals surface area contributed by atoms with Crippen LogP contribution in [0.2, 0.25) is 0 Å². The lowest BCUT2D eigenvalue weighted by atomic mass is 10.1. The molecule has 0 bridgehead atoms. The van der Waals surface area contributed by atoms with Crippen molar-refractivity contribution in [1.82, 2.24) is 0 Å². The summed E-state index contributed by atoms with van der Waals surface area (Å²) in [7, 11) is 0. The lowest BCUT2D eigenvalue weighted by Crippen LogP contribution is -1.93. The van der Waals surface area contributed by atoms with Gasteiger partial charge in [-0.25, -0.2) is 4.39 Å². The highest BCUT2D eigenvalue weighted by Crippen LogP contribution is 2.33. The summed E-state index contributed by atoms with van der Waals surface area (Å²) in [6.07, 6.45) is -0.541. The molecule has 0 aliphatic carbocycles. The van der Waals surface area contributed by atoms with Gasteiger partial charge in [-0.1, -0.05) is 12.1 Å². The Balaban J connectivity index is 2.31. The van der Waals surface area contributed by atoms with Crippen LogP contribution in [0.1, 0.15) is 24.2 Å². The lowest BCUT2D eigenvalue weighted by molar-refractivity contribution is 0.199. The van der Waals surface area contributed by atoms with Gasteiger partial charge in [-0.15, -0.1) is 0 Å². The Hall–Kier alpha value is -1.39. The van der Waals surface area contributed by atoms with E-state index in [4.69, 9.17) is 4.74 Å². The summed E-state index contributed by atoms with van der Waals surface area (Å²) >= 11 is 3.39. The predicted molar refractivity (Wildman–Crippen MR) is 76.0 cm³/mol. The molecule has 0 heterocycles. The second-order valence-electron chi connectivity index (χ2n) is 4.38. The van der Waals surface area contributed by atoms with Gasteiger partial charge in [0.25, 0.3) is 0 Å². The average Bonchev–Trinajstić information content (AvgIpc) is 2.36. The molecule has 4 heteroatoms. The Morgan fingerprint density at radius 2 is 1.89 bits per heavy atom. The zero-order valence-corrected chi connectivity index (χ0v) is 12.2. The predicted octanol–water partition coefficient (Wildman–Crippen LogP) is 4.74. The molecule has 0 spiro atoms. The molecule has 1 N–H and O–H groups in total. The van der Waals surface area contributed by atoms with Crippen LogP contribution in [0, 0.1) is 12.7 Å². The first-order valence-corrected chi connectivity index (χ1v) is 6.68. The van der Waals surface area contributed by atoms with E-state index in [2.05, 4.69) is 15.9 Å². The van der Waals surface area contributed by atoms with Crippen molar-refractivity contribution in [2.75, 3.05) is 0 Å². The highest BCUT2D eigenvalue weighted by atomic mass is 79.9. The Morgan fingerprint density at radius 1 is 1.16 bits per heavy atom. The molecule has 0 amide bonds. The van der Waals surface area contributed by atoms with Gasteiger partial charge >= 0.3 is 0 Å². The minimum atomic E-state index is -0.541. The van der Waals surface area contributed by atoms with Gasteiger partial charge in [0.15, 0.2) is 0 Å². The second kappa shape index (κ2) is 5.72. The van der Waals surface area contributed by atoms with Crippen molar-refractivity contribution in [3.63, 3.8) is 0 Å². The molecule has 2 aromatic rings. The molecule has 0 aromatic heterocycles. The molecule has 1 atom stereocenters. The van der Waals surface area contributed by atoms with Crippen LogP contribution in [0.15, 0.2) is 40.9 Å². The smallest absolute Gasteiger partial charge is 0.141 e. The number of halogens is 2. The van der Waals surface area contributed by atoms with Crippen LogP contribution in [0.4, 0.5) is 4.39 Å². The number of hydrogen-bond acceptors (Lipinski definition) is 2. The second-order valence-corrected chi connectivity index (χ2v) is 5.23. The zero-order chi connectivity index (χ0) is 14.0. The van der Waals surface area contributed by atoms with Gasteiger partial charge in [0.2, 0.25) is 0 Å². The lowest BCUT2D eigenvalue weighted by Gasteiger charge is -2.12. The number of aryl methyl sites for hydroxylation is 1. The molecule has 0 aliphatic rings. The van der Waals surface area contributed by atoms with E-state index < -0.39 is 6.10 Å². The van der Waals surface area contributed by atoms with Crippen molar-refractivity contribution < 1.29 is 14.2 Å². The van der Waals surface area contributed by atoms with Crippen LogP contribution in [-0.2, 0) is 0 Å². The van der Waals surface area contributed by atoms with Gasteiger partial charge in [-0.05, 0) is 59.1 Å². The molecule has 0 fully saturated rings. The maximum absolute atomic E-state index is 13.2. The van der Waals surface area contributed by atoms with E-state index in [0.717, 1.165) is 15.6 Å². The Labute approximate surface area is 120 Å². The maximum atomic E-state index is 13.2. The third-order valence-electron chi connectivity index (χ3n) is 2.81. The molecule has 2 nitrogen and oxygen atoms in total. The minimum absolute atomic E-state index is 0.336. The first-order valence-electron chi connectivity index (χ1n) is 5.89. The van der Waals surface area contributed by atoms with Crippen molar-refractivity contribution >= 4 is 15.9 Å². The van der Waals surface area contributed by atoms with Gasteiger partial charge in [-0.2, -0.15) is 0 Å². The number of aliphatic hydroxyl groups is 1. The Morgan fingerprint density at radius 3 is 2.53 bits per heavy atom. The van der Waals surface area contributed by atoms with E-state index in [1.54, 1.807) is 31.2 Å². The van der Waals surface area contributed by atoms with Crippen LogP contribution in [0.25, 0.3) is 0 Å². The van der Waals surface area contributed by atoms with Gasteiger partial charge in [0, 0.05) is 6.07 Å². The summed E-state index contributed by atoms with van der Waals surface area (Å²) in [4.78, 5) is 0. The fourth-order valence-electron chi connectivity index (χ4n) is 1.66. The SMILES string of the molecule is Cc1ccc(F)cc1Oc1ccc(C(C)O)cc1Br. The normalized spacial score (nSPS) is 12.3. The zero-order valence-electron chi connectivity index (χ0n) is 10.7. The first kappa shape index (κ1) is 14.0. The highest BCUT2D eigenvalue weighted by molar-refractivity contribution is 9.10. The van der Waals surface area contributed by atoms with Crippen LogP contribution >= 0.6 is 15.9 Å². The summed E-state index contributed by atoms with van der Waals surface area (Å²) in [6.45, 7) is 3.55. The quantitative estimate of drug-likeness (QED) is 0.883. The molecule has 19 heavy (non-hydrogen) atoms. The topological polar surface area (TPSA) is 29.5 Å². The number of ether oxygens (including phenoxy) is 1. The molecule has 0 saturated heterocycles. The fourth-order valence-corrected chi connectivity index (χ4v) is 2.14. The van der Waals surface area contributed by atoms with E-state index in [-0.39, 0.29) is 5.82 Å². The summed E-state index contributed by atoms with van der Waals surface area (Å²) in [5.41, 5.74) is 1.64. The van der Waals surface area contributed by atoms with Gasteiger partial charge < -0.3 is 9.84 Å². The molecule has 100 valence electrons. The number of benzene rings is 2. The Kier molecular flexibility index (Phi) is 4.22. The largest absolute Gasteiger partial charge is 0.456 e. The van der Waals surface area contributed by atoms with Crippen molar-refractivity contribution in [2.45, 2.75) is 20.0 Å². The van der Waals surface area contributed by atoms with Crippen molar-refractivity contribution in [1.29, 1.82) is 0 Å². The van der Waals surface area contributed by atoms with E-state index in [1.807, 2.05) is 6.92 Å². The van der Waals surface area contributed by atoms with Gasteiger partial charge in [0.1, 0.15) is 17.3 Å². The van der Waals surface area contributed by atoms with E-state index >= 15 is 0 Å². The molecule has 0 saturated carbocycles. The van der Waals surface area contributed by atoms with E-state index in [1.165, 1.54) is 12.1 Å². The first-order chi connectivity index (χ1) is 8.97. The van der Waals surface area contributed by atoms with Crippen LogP contribution in [0.5, 0.6) is 11.5 Å². The fraction of sp³-hybridized carbons (Fsp3) is 0.200. The van der Waals surface area contributed by atoms with Crippen LogP contribution in [-0.4, -0.2) is 5.11 Å². The summed E-state index contributed by atoms with van der Waals surface area (Å²) < 4.78 is 19.6. The summed E-state index contributed by atoms with van der Waals surface area (Å²) in [5, 5.41) is 9.50. The molecule has 0 aliphatic heterocycles. The number of hydrogen-bond donors (Lipinski definition) is 1. The van der Waals surface area contributed by atoms with Crippen molar-refractivity contribution in [2.24, 2.45) is 0 Å². The summed E-state index contributed by atoms with van der Waals surface area (Å²) in [6, 6.07) is 9.73. The van der Waals surface area contributed by atoms with Crippen molar-refractivity contribution in [3.8, 4) is 11.5 Å². The van der Waals surface area contributed by atoms with E-state index in [9.17, 15) is 9.50 Å². The van der Waals surface area contributed by atoms with Gasteiger partial charge in [-0.3, -0.25) is 0 Å². The molecular weight excluding hydrogens is 311 g/mol. The molecule has 1 unspecified atom stereocenters. The number of rotatable bonds is 3. The average molecular weight is 325 g/mol. The van der Waals surface area contributed by atoms with E-state index in [0.29, 0.717) is 11.5 Å². The highest BCUT2D eigenvalue weighted by Gasteiger charge is 2.09. The molecule has 2 aromatic carbocycles. The standard InChI is InChI=1S/C15H14BrFO2/c1-9-3-5-12(17)8-15(9)19-14-6-4-11(10(2)18)7-13(14)16/h3-8,10,18H,1-2H3. The van der Waals surface area contributed by atoms with Crippen molar-refractivity contribution in [3.05, 3.63) is 57.8 Å². The molecule has 2 rings (SSSR count).